The molecule has 1 aromatic heterocycles. The van der Waals surface area contributed by atoms with Crippen molar-refractivity contribution in [1.29, 1.82) is 0 Å². The Kier molecular flexibility index (Phi) is 2.98. The fourth-order valence-corrected chi connectivity index (χ4v) is 0.937. The lowest BCUT2D eigenvalue weighted by Gasteiger charge is -2.20. The predicted molar refractivity (Wildman–Crippen MR) is 48.8 cm³/mol. The van der Waals surface area contributed by atoms with E-state index in [0.29, 0.717) is 5.69 Å². The van der Waals surface area contributed by atoms with Crippen molar-refractivity contribution in [1.82, 2.24) is 4.98 Å². The van der Waals surface area contributed by atoms with Gasteiger partial charge in [0.05, 0.1) is 24.4 Å². The van der Waals surface area contributed by atoms with Crippen molar-refractivity contribution in [2.24, 2.45) is 5.73 Å². The van der Waals surface area contributed by atoms with Crippen LogP contribution in [0.15, 0.2) is 18.3 Å². The van der Waals surface area contributed by atoms with E-state index in [-0.39, 0.29) is 13.2 Å². The summed E-state index contributed by atoms with van der Waals surface area (Å²) in [5, 5.41) is 17.7. The molecule has 0 bridgehead atoms. The first-order valence-electron chi connectivity index (χ1n) is 4.06. The highest BCUT2D eigenvalue weighted by Gasteiger charge is 2.20. The molecule has 4 heteroatoms. The number of hydrogen-bond donors (Lipinski definition) is 3. The molecule has 1 atom stereocenters. The second-order valence-electron chi connectivity index (χ2n) is 3.29. The van der Waals surface area contributed by atoms with Gasteiger partial charge in [-0.2, -0.15) is 0 Å². The van der Waals surface area contributed by atoms with Crippen LogP contribution < -0.4 is 5.73 Å². The average molecular weight is 182 g/mol. The minimum atomic E-state index is -0.812. The van der Waals surface area contributed by atoms with Crippen LogP contribution in [-0.4, -0.2) is 21.8 Å². The number of aromatic nitrogens is 1. The van der Waals surface area contributed by atoms with Gasteiger partial charge in [0.2, 0.25) is 0 Å². The standard InChI is InChI=1S/C9H14N2O2/c1-9(10,6-13)8-3-2-7(5-12)4-11-8/h2-4,12-13H,5-6,10H2,1H3/t9-/m0/s1. The van der Waals surface area contributed by atoms with E-state index >= 15 is 0 Å². The van der Waals surface area contributed by atoms with Crippen molar-refractivity contribution in [3.8, 4) is 0 Å². The molecular formula is C9H14N2O2. The molecule has 0 amide bonds. The molecule has 0 aliphatic heterocycles. The Balaban J connectivity index is 2.92. The summed E-state index contributed by atoms with van der Waals surface area (Å²) in [6, 6.07) is 3.45. The number of hydrogen-bond acceptors (Lipinski definition) is 4. The molecule has 1 heterocycles. The topological polar surface area (TPSA) is 79.4 Å². The first kappa shape index (κ1) is 10.1. The molecule has 0 spiro atoms. The summed E-state index contributed by atoms with van der Waals surface area (Å²) >= 11 is 0. The molecule has 13 heavy (non-hydrogen) atoms. The first-order valence-corrected chi connectivity index (χ1v) is 4.06. The maximum atomic E-state index is 8.96. The van der Waals surface area contributed by atoms with Crippen LogP contribution in [0.3, 0.4) is 0 Å². The number of nitrogens with zero attached hydrogens (tertiary/aromatic N) is 1. The lowest BCUT2D eigenvalue weighted by molar-refractivity contribution is 0.206. The minimum Gasteiger partial charge on any atom is -0.394 e. The molecule has 0 saturated carbocycles. The summed E-state index contributed by atoms with van der Waals surface area (Å²) in [6.45, 7) is 1.51. The van der Waals surface area contributed by atoms with Crippen molar-refractivity contribution in [3.63, 3.8) is 0 Å². The summed E-state index contributed by atoms with van der Waals surface area (Å²) in [7, 11) is 0. The average Bonchev–Trinajstić information content (AvgIpc) is 2.18. The molecule has 1 rings (SSSR count). The maximum absolute atomic E-state index is 8.96. The van der Waals surface area contributed by atoms with Crippen LogP contribution >= 0.6 is 0 Å². The quantitative estimate of drug-likeness (QED) is 0.601. The zero-order valence-electron chi connectivity index (χ0n) is 7.57. The summed E-state index contributed by atoms with van der Waals surface area (Å²) in [5.74, 6) is 0. The number of nitrogens with two attached hydrogens (primary N) is 1. The minimum absolute atomic E-state index is 0.0340. The molecule has 4 N–H and O–H groups in total. The molecule has 0 radical (unpaired) electrons. The van der Waals surface area contributed by atoms with Gasteiger partial charge in [-0.05, 0) is 18.6 Å². The third-order valence-electron chi connectivity index (χ3n) is 1.92. The smallest absolute Gasteiger partial charge is 0.0789 e. The summed E-state index contributed by atoms with van der Waals surface area (Å²) in [5.41, 5.74) is 6.29. The molecule has 4 nitrogen and oxygen atoms in total. The van der Waals surface area contributed by atoms with E-state index in [2.05, 4.69) is 4.98 Å². The van der Waals surface area contributed by atoms with Gasteiger partial charge in [0.1, 0.15) is 0 Å². The highest BCUT2D eigenvalue weighted by molar-refractivity contribution is 5.18. The van der Waals surface area contributed by atoms with Gasteiger partial charge in [0, 0.05) is 6.20 Å². The van der Waals surface area contributed by atoms with E-state index in [1.807, 2.05) is 0 Å². The van der Waals surface area contributed by atoms with Gasteiger partial charge in [-0.25, -0.2) is 0 Å². The van der Waals surface area contributed by atoms with Crippen LogP contribution in [-0.2, 0) is 12.1 Å². The van der Waals surface area contributed by atoms with Crippen molar-refractivity contribution in [3.05, 3.63) is 29.6 Å². The maximum Gasteiger partial charge on any atom is 0.0789 e. The van der Waals surface area contributed by atoms with Gasteiger partial charge in [0.15, 0.2) is 0 Å². The number of rotatable bonds is 3. The third kappa shape index (κ3) is 2.24. The van der Waals surface area contributed by atoms with E-state index in [0.717, 1.165) is 5.56 Å². The zero-order chi connectivity index (χ0) is 9.90. The van der Waals surface area contributed by atoms with Gasteiger partial charge < -0.3 is 15.9 Å². The largest absolute Gasteiger partial charge is 0.394 e. The Morgan fingerprint density at radius 1 is 1.46 bits per heavy atom. The molecule has 0 unspecified atom stereocenters. The Morgan fingerprint density at radius 2 is 2.15 bits per heavy atom. The van der Waals surface area contributed by atoms with E-state index in [1.54, 1.807) is 25.3 Å². The van der Waals surface area contributed by atoms with Crippen molar-refractivity contribution in [2.75, 3.05) is 6.61 Å². The molecule has 0 aliphatic carbocycles. The van der Waals surface area contributed by atoms with Crippen LogP contribution in [0.2, 0.25) is 0 Å². The summed E-state index contributed by atoms with van der Waals surface area (Å²) in [4.78, 5) is 4.05. The SMILES string of the molecule is C[C@](N)(CO)c1ccc(CO)cn1. The van der Waals surface area contributed by atoms with Gasteiger partial charge in [-0.15, -0.1) is 0 Å². The molecule has 72 valence electrons. The highest BCUT2D eigenvalue weighted by Crippen LogP contribution is 2.14. The van der Waals surface area contributed by atoms with Gasteiger partial charge in [-0.1, -0.05) is 6.07 Å². The van der Waals surface area contributed by atoms with Gasteiger partial charge in [-0.3, -0.25) is 4.98 Å². The fraction of sp³-hybridized carbons (Fsp3) is 0.444. The summed E-state index contributed by atoms with van der Waals surface area (Å²) in [6.07, 6.45) is 1.55. The molecule has 0 saturated heterocycles. The number of aliphatic hydroxyl groups is 2. The van der Waals surface area contributed by atoms with Crippen LogP contribution in [0, 0.1) is 0 Å². The van der Waals surface area contributed by atoms with Crippen molar-refractivity contribution >= 4 is 0 Å². The molecule has 0 aliphatic rings. The third-order valence-corrected chi connectivity index (χ3v) is 1.92. The monoisotopic (exact) mass is 182 g/mol. The zero-order valence-corrected chi connectivity index (χ0v) is 7.57. The predicted octanol–water partition coefficient (Wildman–Crippen LogP) is -0.260. The van der Waals surface area contributed by atoms with Crippen LogP contribution in [0.5, 0.6) is 0 Å². The number of aliphatic hydroxyl groups excluding tert-OH is 2. The Hall–Kier alpha value is -0.970. The van der Waals surface area contributed by atoms with E-state index in [9.17, 15) is 0 Å². The lowest BCUT2D eigenvalue weighted by atomic mass is 10.00. The van der Waals surface area contributed by atoms with Gasteiger partial charge in [0.25, 0.3) is 0 Å². The van der Waals surface area contributed by atoms with Crippen LogP contribution in [0.1, 0.15) is 18.2 Å². The van der Waals surface area contributed by atoms with Crippen LogP contribution in [0.25, 0.3) is 0 Å². The number of pyridine rings is 1. The van der Waals surface area contributed by atoms with E-state index in [1.165, 1.54) is 0 Å². The summed E-state index contributed by atoms with van der Waals surface area (Å²) < 4.78 is 0. The first-order chi connectivity index (χ1) is 6.10. The lowest BCUT2D eigenvalue weighted by Crippen LogP contribution is -2.37. The van der Waals surface area contributed by atoms with Crippen molar-refractivity contribution in [2.45, 2.75) is 19.1 Å². The van der Waals surface area contributed by atoms with Gasteiger partial charge >= 0.3 is 0 Å². The molecule has 0 fully saturated rings. The molecule has 0 aromatic carbocycles. The second kappa shape index (κ2) is 3.83. The highest BCUT2D eigenvalue weighted by atomic mass is 16.3. The molecule has 1 aromatic rings. The Labute approximate surface area is 77.0 Å². The fourth-order valence-electron chi connectivity index (χ4n) is 0.937. The van der Waals surface area contributed by atoms with E-state index < -0.39 is 5.54 Å². The molecular weight excluding hydrogens is 168 g/mol. The van der Waals surface area contributed by atoms with E-state index in [4.69, 9.17) is 15.9 Å². The second-order valence-corrected chi connectivity index (χ2v) is 3.29. The van der Waals surface area contributed by atoms with Crippen LogP contribution in [0.4, 0.5) is 0 Å². The van der Waals surface area contributed by atoms with Crippen molar-refractivity contribution < 1.29 is 10.2 Å². The Morgan fingerprint density at radius 3 is 2.54 bits per heavy atom. The Bertz CT molecular complexity index is 269. The normalized spacial score (nSPS) is 15.4.